The molecule has 1 heterocycles. The van der Waals surface area contributed by atoms with Gasteiger partial charge in [-0.1, -0.05) is 85.1 Å². The zero-order valence-corrected chi connectivity index (χ0v) is 23.7. The average Bonchev–Trinajstić information content (AvgIpc) is 2.96. The van der Waals surface area contributed by atoms with E-state index in [0.29, 0.717) is 29.6 Å². The first kappa shape index (κ1) is 27.2. The third-order valence-electron chi connectivity index (χ3n) is 7.67. The maximum absolute atomic E-state index is 13.6. The molecule has 2 amide bonds. The van der Waals surface area contributed by atoms with E-state index in [1.807, 2.05) is 59.5 Å². The molecule has 0 saturated heterocycles. The number of para-hydroxylation sites is 1. The van der Waals surface area contributed by atoms with Gasteiger partial charge in [0, 0.05) is 29.6 Å². The van der Waals surface area contributed by atoms with E-state index in [4.69, 9.17) is 0 Å². The van der Waals surface area contributed by atoms with Gasteiger partial charge >= 0.3 is 0 Å². The topological polar surface area (TPSA) is 52.7 Å². The molecule has 0 unspecified atom stereocenters. The van der Waals surface area contributed by atoms with Crippen molar-refractivity contribution in [2.45, 2.75) is 56.5 Å². The van der Waals surface area contributed by atoms with Crippen LogP contribution in [0.15, 0.2) is 82.6 Å². The maximum atomic E-state index is 13.6. The lowest BCUT2D eigenvalue weighted by molar-refractivity contribution is -0.114. The minimum atomic E-state index is -0.0624. The third kappa shape index (κ3) is 6.81. The molecule has 202 valence electrons. The van der Waals surface area contributed by atoms with E-state index in [1.54, 1.807) is 0 Å². The summed E-state index contributed by atoms with van der Waals surface area (Å²) in [5.41, 5.74) is 4.74. The molecule has 0 spiro atoms. The Kier molecular flexibility index (Phi) is 8.84. The molecule has 0 atom stereocenters. The maximum Gasteiger partial charge on any atom is 0.265 e. The van der Waals surface area contributed by atoms with Crippen LogP contribution in [0.3, 0.4) is 0 Å². The van der Waals surface area contributed by atoms with Gasteiger partial charge in [0.1, 0.15) is 0 Å². The van der Waals surface area contributed by atoms with Crippen LogP contribution >= 0.6 is 11.8 Å². The first-order valence-corrected chi connectivity index (χ1v) is 14.7. The molecule has 0 aromatic heterocycles. The second kappa shape index (κ2) is 12.7. The number of hydrogen-bond acceptors (Lipinski definition) is 4. The van der Waals surface area contributed by atoms with Gasteiger partial charge in [-0.2, -0.15) is 0 Å². The largest absolute Gasteiger partial charge is 0.351 e. The van der Waals surface area contributed by atoms with Crippen molar-refractivity contribution in [2.24, 2.45) is 0 Å². The minimum absolute atomic E-state index is 0.0101. The first-order valence-electron chi connectivity index (χ1n) is 13.9. The number of benzene rings is 3. The fourth-order valence-electron chi connectivity index (χ4n) is 5.45. The number of hydrogen-bond donors (Lipinski definition) is 1. The lowest BCUT2D eigenvalue weighted by atomic mass is 9.94. The number of thioether (sulfide) groups is 1. The normalized spacial score (nSPS) is 16.9. The van der Waals surface area contributed by atoms with Crippen molar-refractivity contribution in [3.63, 3.8) is 0 Å². The van der Waals surface area contributed by atoms with Crippen molar-refractivity contribution in [2.75, 3.05) is 25.0 Å². The van der Waals surface area contributed by atoms with Crippen LogP contribution in [-0.2, 0) is 11.3 Å². The van der Waals surface area contributed by atoms with Crippen LogP contribution in [0, 0.1) is 6.92 Å². The zero-order valence-electron chi connectivity index (χ0n) is 22.9. The van der Waals surface area contributed by atoms with Gasteiger partial charge in [0.05, 0.1) is 17.1 Å². The number of rotatable bonds is 8. The Hall–Kier alpha value is -3.35. The number of fused-ring (bicyclic) bond motifs is 1. The zero-order chi connectivity index (χ0) is 27.2. The standard InChI is InChI=1S/C33H37N3O2S/c1-24-9-8-10-26(21-24)23-36-29-13-6-7-14-30(29)39-31(33(36)38)22-25-15-17-27(18-16-25)32(37)34-19-20-35(2)28-11-4-3-5-12-28/h6-10,13-18,21-22,28H,3-5,11-12,19-20,23H2,1-2H3,(H,34,37)/b31-22+. The van der Waals surface area contributed by atoms with E-state index in [-0.39, 0.29) is 11.8 Å². The van der Waals surface area contributed by atoms with Gasteiger partial charge in [0.25, 0.3) is 11.8 Å². The van der Waals surface area contributed by atoms with E-state index >= 15 is 0 Å². The first-order chi connectivity index (χ1) is 19.0. The molecule has 2 aliphatic rings. The van der Waals surface area contributed by atoms with Crippen LogP contribution < -0.4 is 10.2 Å². The molecular weight excluding hydrogens is 502 g/mol. The highest BCUT2D eigenvalue weighted by Crippen LogP contribution is 2.42. The number of likely N-dealkylation sites (N-methyl/N-ethyl adjacent to an activating group) is 1. The van der Waals surface area contributed by atoms with Crippen molar-refractivity contribution in [3.8, 4) is 0 Å². The quantitative estimate of drug-likeness (QED) is 0.325. The van der Waals surface area contributed by atoms with E-state index in [0.717, 1.165) is 28.3 Å². The summed E-state index contributed by atoms with van der Waals surface area (Å²) >= 11 is 1.50. The second-order valence-corrected chi connectivity index (χ2v) is 11.7. The molecule has 1 N–H and O–H groups in total. The number of carbonyl (C=O) groups is 2. The molecule has 1 saturated carbocycles. The Morgan fingerprint density at radius 2 is 1.79 bits per heavy atom. The number of nitrogens with one attached hydrogen (secondary N) is 1. The van der Waals surface area contributed by atoms with E-state index in [1.165, 1.54) is 49.4 Å². The van der Waals surface area contributed by atoms with Crippen molar-refractivity contribution in [1.82, 2.24) is 10.2 Å². The molecule has 6 heteroatoms. The Bertz CT molecular complexity index is 1350. The molecule has 5 nitrogen and oxygen atoms in total. The lowest BCUT2D eigenvalue weighted by Gasteiger charge is -2.31. The van der Waals surface area contributed by atoms with Crippen LogP contribution in [-0.4, -0.2) is 42.9 Å². The molecule has 0 radical (unpaired) electrons. The Labute approximate surface area is 236 Å². The predicted octanol–water partition coefficient (Wildman–Crippen LogP) is 6.67. The highest BCUT2D eigenvalue weighted by molar-refractivity contribution is 8.04. The van der Waals surface area contributed by atoms with Gasteiger partial charge in [-0.05, 0) is 68.3 Å². The molecule has 3 aromatic rings. The molecule has 1 fully saturated rings. The molecule has 3 aromatic carbocycles. The molecular formula is C33H37N3O2S. The van der Waals surface area contributed by atoms with Crippen molar-refractivity contribution in [1.29, 1.82) is 0 Å². The highest BCUT2D eigenvalue weighted by atomic mass is 32.2. The highest BCUT2D eigenvalue weighted by Gasteiger charge is 2.29. The SMILES string of the molecule is Cc1cccc(CN2C(=O)/C(=C\c3ccc(C(=O)NCCN(C)C4CCCCC4)cc3)Sc3ccccc32)c1. The third-order valence-corrected chi connectivity index (χ3v) is 8.75. The predicted molar refractivity (Wildman–Crippen MR) is 161 cm³/mol. The molecule has 5 rings (SSSR count). The summed E-state index contributed by atoms with van der Waals surface area (Å²) in [5, 5.41) is 3.06. The molecule has 0 bridgehead atoms. The van der Waals surface area contributed by atoms with E-state index < -0.39 is 0 Å². The fraction of sp³-hybridized carbons (Fsp3) is 0.333. The molecule has 39 heavy (non-hydrogen) atoms. The van der Waals surface area contributed by atoms with Gasteiger partial charge in [-0.25, -0.2) is 0 Å². The molecule has 1 aliphatic carbocycles. The van der Waals surface area contributed by atoms with Gasteiger partial charge < -0.3 is 15.1 Å². The van der Waals surface area contributed by atoms with Crippen molar-refractivity contribution in [3.05, 3.63) is 100.0 Å². The lowest BCUT2D eigenvalue weighted by Crippen LogP contribution is -2.39. The van der Waals surface area contributed by atoms with Gasteiger partial charge in [-0.15, -0.1) is 0 Å². The van der Waals surface area contributed by atoms with Crippen LogP contribution in [0.5, 0.6) is 0 Å². The summed E-state index contributed by atoms with van der Waals surface area (Å²) in [6, 6.07) is 24.5. The van der Waals surface area contributed by atoms with Crippen LogP contribution in [0.25, 0.3) is 6.08 Å². The summed E-state index contributed by atoms with van der Waals surface area (Å²) in [6.07, 6.45) is 8.41. The van der Waals surface area contributed by atoms with E-state index in [9.17, 15) is 9.59 Å². The van der Waals surface area contributed by atoms with Gasteiger partial charge in [0.15, 0.2) is 0 Å². The summed E-state index contributed by atoms with van der Waals surface area (Å²) < 4.78 is 0. The van der Waals surface area contributed by atoms with Crippen molar-refractivity contribution >= 4 is 35.3 Å². The Morgan fingerprint density at radius 1 is 1.03 bits per heavy atom. The smallest absolute Gasteiger partial charge is 0.265 e. The minimum Gasteiger partial charge on any atom is -0.351 e. The molecule has 1 aliphatic heterocycles. The van der Waals surface area contributed by atoms with Gasteiger partial charge in [0.2, 0.25) is 0 Å². The van der Waals surface area contributed by atoms with Gasteiger partial charge in [-0.3, -0.25) is 9.59 Å². The summed E-state index contributed by atoms with van der Waals surface area (Å²) in [7, 11) is 2.16. The van der Waals surface area contributed by atoms with Crippen molar-refractivity contribution < 1.29 is 9.59 Å². The number of amides is 2. The number of anilines is 1. The van der Waals surface area contributed by atoms with E-state index in [2.05, 4.69) is 48.5 Å². The van der Waals surface area contributed by atoms with Crippen LogP contribution in [0.2, 0.25) is 0 Å². The van der Waals surface area contributed by atoms with Crippen LogP contribution in [0.1, 0.15) is 59.2 Å². The second-order valence-electron chi connectivity index (χ2n) is 10.6. The summed E-state index contributed by atoms with van der Waals surface area (Å²) in [5.74, 6) is -0.0725. The summed E-state index contributed by atoms with van der Waals surface area (Å²) in [6.45, 7) is 4.08. The Morgan fingerprint density at radius 3 is 2.56 bits per heavy atom. The van der Waals surface area contributed by atoms with Crippen LogP contribution in [0.4, 0.5) is 5.69 Å². The fourth-order valence-corrected chi connectivity index (χ4v) is 6.51. The number of aryl methyl sites for hydroxylation is 1. The summed E-state index contributed by atoms with van der Waals surface area (Å²) in [4.78, 5) is 32.3. The average molecular weight is 540 g/mol. The number of carbonyl (C=O) groups excluding carboxylic acids is 2. The monoisotopic (exact) mass is 539 g/mol. The number of nitrogens with zero attached hydrogens (tertiary/aromatic N) is 2. The Balaban J connectivity index is 1.24.